The van der Waals surface area contributed by atoms with E-state index < -0.39 is 0 Å². The van der Waals surface area contributed by atoms with Gasteiger partial charge in [0.05, 0.1) is 11.2 Å². The standard InChI is InChI=1S/C16H34O3Si2/c1-7-15(5,8-2)18-20-13-11-17-12-14-21-19-16(6,9-3)10-4/h7-14H2,1-6H3. The number of hydrogen-bond acceptors (Lipinski definition) is 3. The number of ether oxygens (including phenoxy) is 1. The molecule has 0 atom stereocenters. The van der Waals surface area contributed by atoms with E-state index in [9.17, 15) is 0 Å². The van der Waals surface area contributed by atoms with Gasteiger partial charge < -0.3 is 13.6 Å². The SMILES string of the molecule is CCC(C)(CC)O[Si]CCOCC[Si]OC(C)(CC)CC. The molecule has 0 aliphatic carbocycles. The average Bonchev–Trinajstić information content (AvgIpc) is 2.52. The Bertz CT molecular complexity index is 218. The summed E-state index contributed by atoms with van der Waals surface area (Å²) in [6.07, 6.45) is 4.29. The van der Waals surface area contributed by atoms with Crippen molar-refractivity contribution in [3.63, 3.8) is 0 Å². The second-order valence-corrected chi connectivity index (χ2v) is 7.90. The zero-order chi connectivity index (χ0) is 16.2. The lowest BCUT2D eigenvalue weighted by Crippen LogP contribution is -2.29. The van der Waals surface area contributed by atoms with Crippen molar-refractivity contribution >= 4 is 19.5 Å². The van der Waals surface area contributed by atoms with Gasteiger partial charge in [0.15, 0.2) is 0 Å². The van der Waals surface area contributed by atoms with E-state index in [1.807, 2.05) is 0 Å². The quantitative estimate of drug-likeness (QED) is 0.352. The first-order chi connectivity index (χ1) is 9.95. The molecule has 3 nitrogen and oxygen atoms in total. The van der Waals surface area contributed by atoms with Crippen LogP contribution >= 0.6 is 0 Å². The molecule has 0 amide bonds. The van der Waals surface area contributed by atoms with Gasteiger partial charge in [-0.1, -0.05) is 27.7 Å². The molecule has 21 heavy (non-hydrogen) atoms. The van der Waals surface area contributed by atoms with E-state index in [2.05, 4.69) is 41.5 Å². The Morgan fingerprint density at radius 3 is 1.29 bits per heavy atom. The van der Waals surface area contributed by atoms with Crippen LogP contribution in [0.5, 0.6) is 0 Å². The highest BCUT2D eigenvalue weighted by Gasteiger charge is 2.20. The molecule has 0 rings (SSSR count). The summed E-state index contributed by atoms with van der Waals surface area (Å²) in [6.45, 7) is 14.7. The summed E-state index contributed by atoms with van der Waals surface area (Å²) in [5.41, 5.74) is 0.108. The topological polar surface area (TPSA) is 27.7 Å². The molecule has 124 valence electrons. The Morgan fingerprint density at radius 2 is 1.00 bits per heavy atom. The predicted octanol–water partition coefficient (Wildman–Crippen LogP) is 4.27. The molecule has 0 aliphatic heterocycles. The minimum absolute atomic E-state index is 0.0540. The molecule has 0 saturated carbocycles. The molecule has 0 heterocycles. The van der Waals surface area contributed by atoms with Gasteiger partial charge in [-0.3, -0.25) is 0 Å². The lowest BCUT2D eigenvalue weighted by atomic mass is 10.0. The van der Waals surface area contributed by atoms with E-state index in [0.717, 1.165) is 51.0 Å². The van der Waals surface area contributed by atoms with Crippen molar-refractivity contribution in [3.8, 4) is 0 Å². The molecular weight excluding hydrogens is 296 g/mol. The van der Waals surface area contributed by atoms with Crippen molar-refractivity contribution in [1.82, 2.24) is 0 Å². The lowest BCUT2D eigenvalue weighted by Gasteiger charge is -2.27. The van der Waals surface area contributed by atoms with E-state index in [4.69, 9.17) is 13.6 Å². The molecule has 0 aromatic rings. The molecule has 0 aliphatic rings. The van der Waals surface area contributed by atoms with Crippen molar-refractivity contribution in [2.24, 2.45) is 0 Å². The Kier molecular flexibility index (Phi) is 12.0. The van der Waals surface area contributed by atoms with Crippen LogP contribution in [-0.2, 0) is 13.6 Å². The summed E-state index contributed by atoms with van der Waals surface area (Å²) in [7, 11) is 1.09. The first kappa shape index (κ1) is 21.3. The van der Waals surface area contributed by atoms with Gasteiger partial charge in [0.25, 0.3) is 0 Å². The van der Waals surface area contributed by atoms with Gasteiger partial charge in [0.1, 0.15) is 0 Å². The summed E-state index contributed by atoms with van der Waals surface area (Å²) >= 11 is 0. The third-order valence-corrected chi connectivity index (χ3v) is 6.42. The molecular formula is C16H34O3Si2. The van der Waals surface area contributed by atoms with E-state index >= 15 is 0 Å². The summed E-state index contributed by atoms with van der Waals surface area (Å²) in [5, 5.41) is 0. The molecule has 5 heteroatoms. The zero-order valence-electron chi connectivity index (χ0n) is 14.9. The lowest BCUT2D eigenvalue weighted by molar-refractivity contribution is 0.0786. The fourth-order valence-corrected chi connectivity index (χ4v) is 3.50. The molecule has 0 saturated heterocycles. The van der Waals surface area contributed by atoms with Crippen LogP contribution in [0.15, 0.2) is 0 Å². The highest BCUT2D eigenvalue weighted by molar-refractivity contribution is 6.27. The van der Waals surface area contributed by atoms with Gasteiger partial charge >= 0.3 is 0 Å². The second-order valence-electron chi connectivity index (χ2n) is 5.92. The molecule has 0 aromatic carbocycles. The third-order valence-electron chi connectivity index (χ3n) is 4.33. The van der Waals surface area contributed by atoms with Gasteiger partial charge in [0.2, 0.25) is 19.5 Å². The van der Waals surface area contributed by atoms with Crippen molar-refractivity contribution in [2.45, 2.75) is 90.5 Å². The van der Waals surface area contributed by atoms with Crippen molar-refractivity contribution in [1.29, 1.82) is 0 Å². The molecule has 0 N–H and O–H groups in total. The predicted molar refractivity (Wildman–Crippen MR) is 92.1 cm³/mol. The van der Waals surface area contributed by atoms with Crippen LogP contribution in [0.25, 0.3) is 0 Å². The zero-order valence-corrected chi connectivity index (χ0v) is 16.9. The average molecular weight is 331 g/mol. The normalized spacial score (nSPS) is 12.9. The Morgan fingerprint density at radius 1 is 0.667 bits per heavy atom. The van der Waals surface area contributed by atoms with Crippen LogP contribution in [-0.4, -0.2) is 43.9 Å². The van der Waals surface area contributed by atoms with Gasteiger partial charge in [-0.05, 0) is 51.6 Å². The van der Waals surface area contributed by atoms with E-state index in [1.165, 1.54) is 0 Å². The fraction of sp³-hybridized carbons (Fsp3) is 1.00. The smallest absolute Gasteiger partial charge is 0.232 e. The summed E-state index contributed by atoms with van der Waals surface area (Å²) in [5.74, 6) is 0. The summed E-state index contributed by atoms with van der Waals surface area (Å²) in [4.78, 5) is 0. The van der Waals surface area contributed by atoms with E-state index in [0.29, 0.717) is 19.5 Å². The molecule has 0 bridgehead atoms. The second kappa shape index (κ2) is 11.8. The molecule has 0 fully saturated rings. The van der Waals surface area contributed by atoms with Crippen LogP contribution in [0.2, 0.25) is 12.1 Å². The molecule has 0 spiro atoms. The Hall–Kier alpha value is 0.314. The summed E-state index contributed by atoms with van der Waals surface area (Å²) < 4.78 is 17.6. The van der Waals surface area contributed by atoms with Crippen LogP contribution in [0, 0.1) is 0 Å². The van der Waals surface area contributed by atoms with E-state index in [-0.39, 0.29) is 11.2 Å². The Balaban J connectivity index is 3.45. The first-order valence-electron chi connectivity index (χ1n) is 8.34. The van der Waals surface area contributed by atoms with Gasteiger partial charge in [-0.25, -0.2) is 0 Å². The molecule has 0 unspecified atom stereocenters. The summed E-state index contributed by atoms with van der Waals surface area (Å²) in [6, 6.07) is 2.00. The van der Waals surface area contributed by atoms with Gasteiger partial charge in [-0.15, -0.1) is 0 Å². The van der Waals surface area contributed by atoms with Crippen molar-refractivity contribution < 1.29 is 13.6 Å². The fourth-order valence-electron chi connectivity index (χ4n) is 1.57. The Labute approximate surface area is 137 Å². The minimum Gasteiger partial charge on any atom is -0.412 e. The van der Waals surface area contributed by atoms with Crippen molar-refractivity contribution in [3.05, 3.63) is 0 Å². The van der Waals surface area contributed by atoms with Crippen LogP contribution in [0.1, 0.15) is 67.2 Å². The number of hydrogen-bond donors (Lipinski definition) is 0. The van der Waals surface area contributed by atoms with Crippen LogP contribution in [0.4, 0.5) is 0 Å². The maximum Gasteiger partial charge on any atom is 0.232 e. The highest BCUT2D eigenvalue weighted by atomic mass is 28.2. The maximum atomic E-state index is 5.95. The van der Waals surface area contributed by atoms with E-state index in [1.54, 1.807) is 0 Å². The molecule has 0 aromatic heterocycles. The molecule has 4 radical (unpaired) electrons. The first-order valence-corrected chi connectivity index (χ1v) is 10.6. The van der Waals surface area contributed by atoms with Crippen LogP contribution in [0.3, 0.4) is 0 Å². The van der Waals surface area contributed by atoms with Crippen LogP contribution < -0.4 is 0 Å². The maximum absolute atomic E-state index is 5.95. The van der Waals surface area contributed by atoms with Gasteiger partial charge in [0, 0.05) is 13.2 Å². The highest BCUT2D eigenvalue weighted by Crippen LogP contribution is 2.19. The largest absolute Gasteiger partial charge is 0.412 e. The van der Waals surface area contributed by atoms with Gasteiger partial charge in [-0.2, -0.15) is 0 Å². The number of rotatable bonds is 14. The minimum atomic E-state index is 0.0540. The monoisotopic (exact) mass is 330 g/mol. The third kappa shape index (κ3) is 9.84. The van der Waals surface area contributed by atoms with Crippen molar-refractivity contribution in [2.75, 3.05) is 13.2 Å².